The fourth-order valence-corrected chi connectivity index (χ4v) is 2.03. The fraction of sp³-hybridized carbons (Fsp3) is 0.667. The summed E-state index contributed by atoms with van der Waals surface area (Å²) < 4.78 is 6.90. The van der Waals surface area contributed by atoms with E-state index in [1.807, 2.05) is 23.0 Å². The zero-order valence-corrected chi connectivity index (χ0v) is 12.8. The summed E-state index contributed by atoms with van der Waals surface area (Å²) in [7, 11) is 1.69. The number of hydrogen-bond donors (Lipinski definition) is 2. The minimum Gasteiger partial charge on any atom is -0.383 e. The second kappa shape index (κ2) is 9.55. The molecule has 0 aromatic carbocycles. The molecule has 0 saturated heterocycles. The van der Waals surface area contributed by atoms with Crippen LogP contribution in [0.1, 0.15) is 32.3 Å². The van der Waals surface area contributed by atoms with Crippen LogP contribution in [0.3, 0.4) is 0 Å². The van der Waals surface area contributed by atoms with Crippen molar-refractivity contribution in [3.63, 3.8) is 0 Å². The molecule has 1 heterocycles. The van der Waals surface area contributed by atoms with E-state index in [0.29, 0.717) is 13.2 Å². The monoisotopic (exact) mass is 281 g/mol. The molecule has 1 aromatic rings. The van der Waals surface area contributed by atoms with Gasteiger partial charge < -0.3 is 19.9 Å². The van der Waals surface area contributed by atoms with Crippen LogP contribution in [-0.4, -0.2) is 36.8 Å². The van der Waals surface area contributed by atoms with Crippen LogP contribution < -0.4 is 10.6 Å². The first kappa shape index (κ1) is 16.7. The van der Waals surface area contributed by atoms with Crippen molar-refractivity contribution in [1.82, 2.24) is 15.2 Å². The molecular formula is C15H27N3O2. The highest BCUT2D eigenvalue weighted by molar-refractivity contribution is 5.76. The summed E-state index contributed by atoms with van der Waals surface area (Å²) in [5.41, 5.74) is 1.18. The molecule has 2 N–H and O–H groups in total. The highest BCUT2D eigenvalue weighted by Crippen LogP contribution is 2.02. The molecule has 0 aliphatic heterocycles. The van der Waals surface area contributed by atoms with Gasteiger partial charge in [-0.2, -0.15) is 0 Å². The molecule has 0 atom stereocenters. The SMILES string of the molecule is CCC(CC)NC(=O)Cn1ccc(CNCCOC)c1. The van der Waals surface area contributed by atoms with Crippen LogP contribution in [0.4, 0.5) is 0 Å². The number of methoxy groups -OCH3 is 1. The molecule has 0 radical (unpaired) electrons. The van der Waals surface area contributed by atoms with Crippen molar-refractivity contribution in [3.05, 3.63) is 24.0 Å². The first-order chi connectivity index (χ1) is 9.69. The van der Waals surface area contributed by atoms with E-state index in [0.717, 1.165) is 25.9 Å². The number of amides is 1. The van der Waals surface area contributed by atoms with E-state index in [9.17, 15) is 4.79 Å². The van der Waals surface area contributed by atoms with Crippen LogP contribution in [0.25, 0.3) is 0 Å². The topological polar surface area (TPSA) is 55.3 Å². The Morgan fingerprint density at radius 1 is 1.40 bits per heavy atom. The van der Waals surface area contributed by atoms with Crippen LogP contribution in [0.15, 0.2) is 18.5 Å². The molecule has 0 aliphatic rings. The van der Waals surface area contributed by atoms with Crippen molar-refractivity contribution in [2.75, 3.05) is 20.3 Å². The van der Waals surface area contributed by atoms with Gasteiger partial charge in [-0.25, -0.2) is 0 Å². The molecule has 0 unspecified atom stereocenters. The first-order valence-electron chi connectivity index (χ1n) is 7.33. The third kappa shape index (κ3) is 6.21. The van der Waals surface area contributed by atoms with Crippen LogP contribution in [0.2, 0.25) is 0 Å². The van der Waals surface area contributed by atoms with Gasteiger partial charge in [0.15, 0.2) is 0 Å². The van der Waals surface area contributed by atoms with Crippen molar-refractivity contribution in [3.8, 4) is 0 Å². The number of nitrogens with zero attached hydrogens (tertiary/aromatic N) is 1. The lowest BCUT2D eigenvalue weighted by atomic mass is 10.2. The number of carbonyl (C=O) groups excluding carboxylic acids is 1. The van der Waals surface area contributed by atoms with Gasteiger partial charge in [-0.05, 0) is 24.5 Å². The van der Waals surface area contributed by atoms with Crippen molar-refractivity contribution < 1.29 is 9.53 Å². The van der Waals surface area contributed by atoms with Crippen LogP contribution in [0, 0.1) is 0 Å². The molecule has 5 nitrogen and oxygen atoms in total. The Bertz CT molecular complexity index is 386. The third-order valence-electron chi connectivity index (χ3n) is 3.30. The van der Waals surface area contributed by atoms with E-state index in [4.69, 9.17) is 4.74 Å². The third-order valence-corrected chi connectivity index (χ3v) is 3.30. The number of carbonyl (C=O) groups is 1. The van der Waals surface area contributed by atoms with E-state index < -0.39 is 0 Å². The van der Waals surface area contributed by atoms with Gasteiger partial charge in [-0.15, -0.1) is 0 Å². The molecule has 0 bridgehead atoms. The maximum Gasteiger partial charge on any atom is 0.240 e. The van der Waals surface area contributed by atoms with Gasteiger partial charge in [0.25, 0.3) is 0 Å². The lowest BCUT2D eigenvalue weighted by Gasteiger charge is -2.14. The highest BCUT2D eigenvalue weighted by atomic mass is 16.5. The molecular weight excluding hydrogens is 254 g/mol. The van der Waals surface area contributed by atoms with Gasteiger partial charge in [-0.1, -0.05) is 13.8 Å². The zero-order chi connectivity index (χ0) is 14.8. The lowest BCUT2D eigenvalue weighted by molar-refractivity contribution is -0.122. The van der Waals surface area contributed by atoms with Gasteiger partial charge in [0, 0.05) is 38.6 Å². The van der Waals surface area contributed by atoms with E-state index in [-0.39, 0.29) is 11.9 Å². The zero-order valence-electron chi connectivity index (χ0n) is 12.8. The van der Waals surface area contributed by atoms with Gasteiger partial charge >= 0.3 is 0 Å². The van der Waals surface area contributed by atoms with Crippen LogP contribution in [0.5, 0.6) is 0 Å². The Kier molecular flexibility index (Phi) is 7.99. The first-order valence-corrected chi connectivity index (χ1v) is 7.33. The number of nitrogens with one attached hydrogen (secondary N) is 2. The standard InChI is InChI=1S/C15H27N3O2/c1-4-14(5-2)17-15(19)12-18-8-6-13(11-18)10-16-7-9-20-3/h6,8,11,14,16H,4-5,7,9-10,12H2,1-3H3,(H,17,19). The van der Waals surface area contributed by atoms with Gasteiger partial charge in [0.2, 0.25) is 5.91 Å². The predicted molar refractivity (Wildman–Crippen MR) is 80.5 cm³/mol. The Morgan fingerprint density at radius 2 is 2.15 bits per heavy atom. The smallest absolute Gasteiger partial charge is 0.240 e. The summed E-state index contributed by atoms with van der Waals surface area (Å²) >= 11 is 0. The summed E-state index contributed by atoms with van der Waals surface area (Å²) in [5, 5.41) is 6.32. The second-order valence-electron chi connectivity index (χ2n) is 4.94. The molecule has 1 rings (SSSR count). The normalized spacial score (nSPS) is 11.0. The molecule has 0 aliphatic carbocycles. The van der Waals surface area contributed by atoms with E-state index in [2.05, 4.69) is 24.5 Å². The van der Waals surface area contributed by atoms with Crippen LogP contribution in [-0.2, 0) is 22.6 Å². The number of rotatable bonds is 10. The number of aromatic nitrogens is 1. The molecule has 1 amide bonds. The second-order valence-corrected chi connectivity index (χ2v) is 4.94. The maximum atomic E-state index is 11.9. The van der Waals surface area contributed by atoms with Crippen molar-refractivity contribution >= 4 is 5.91 Å². The molecule has 5 heteroatoms. The minimum absolute atomic E-state index is 0.0770. The minimum atomic E-state index is 0.0770. The van der Waals surface area contributed by atoms with Gasteiger partial charge in [0.05, 0.1) is 6.61 Å². The largest absolute Gasteiger partial charge is 0.383 e. The van der Waals surface area contributed by atoms with Gasteiger partial charge in [0.1, 0.15) is 6.54 Å². The molecule has 1 aromatic heterocycles. The summed E-state index contributed by atoms with van der Waals surface area (Å²) in [5.74, 6) is 0.0770. The van der Waals surface area contributed by atoms with E-state index in [1.165, 1.54) is 5.56 Å². The van der Waals surface area contributed by atoms with Crippen molar-refractivity contribution in [2.24, 2.45) is 0 Å². The number of ether oxygens (including phenoxy) is 1. The van der Waals surface area contributed by atoms with E-state index >= 15 is 0 Å². The molecule has 0 fully saturated rings. The van der Waals surface area contributed by atoms with Crippen LogP contribution >= 0.6 is 0 Å². The van der Waals surface area contributed by atoms with E-state index in [1.54, 1.807) is 7.11 Å². The molecule has 0 saturated carbocycles. The Balaban J connectivity index is 2.33. The molecule has 0 spiro atoms. The summed E-state index contributed by atoms with van der Waals surface area (Å²) in [6.45, 7) is 6.90. The average Bonchev–Trinajstić information content (AvgIpc) is 2.88. The number of hydrogen-bond acceptors (Lipinski definition) is 3. The lowest BCUT2D eigenvalue weighted by Crippen LogP contribution is -2.36. The fourth-order valence-electron chi connectivity index (χ4n) is 2.03. The molecule has 20 heavy (non-hydrogen) atoms. The summed E-state index contributed by atoms with van der Waals surface area (Å²) in [6.07, 6.45) is 5.90. The van der Waals surface area contributed by atoms with Gasteiger partial charge in [-0.3, -0.25) is 4.79 Å². The summed E-state index contributed by atoms with van der Waals surface area (Å²) in [4.78, 5) is 11.9. The summed E-state index contributed by atoms with van der Waals surface area (Å²) in [6, 6.07) is 2.32. The molecule has 114 valence electrons. The van der Waals surface area contributed by atoms with Crippen molar-refractivity contribution in [2.45, 2.75) is 45.8 Å². The average molecular weight is 281 g/mol. The van der Waals surface area contributed by atoms with Crippen molar-refractivity contribution in [1.29, 1.82) is 0 Å². The Labute approximate surface area is 121 Å². The highest BCUT2D eigenvalue weighted by Gasteiger charge is 2.08. The maximum absolute atomic E-state index is 11.9. The Hall–Kier alpha value is -1.33. The quantitative estimate of drug-likeness (QED) is 0.640. The Morgan fingerprint density at radius 3 is 2.80 bits per heavy atom. The predicted octanol–water partition coefficient (Wildman–Crippen LogP) is 1.53.